The van der Waals surface area contributed by atoms with Crippen molar-refractivity contribution in [1.29, 1.82) is 0 Å². The molecule has 3 aromatic rings. The molecule has 0 heterocycles. The van der Waals surface area contributed by atoms with E-state index in [1.54, 1.807) is 25.3 Å². The number of benzene rings is 3. The summed E-state index contributed by atoms with van der Waals surface area (Å²) in [6.07, 6.45) is 0. The number of phenols is 1. The fraction of sp³-hybridized carbons (Fsp3) is 0.0556. The van der Waals surface area contributed by atoms with Crippen LogP contribution in [0.4, 0.5) is 0 Å². The zero-order valence-corrected chi connectivity index (χ0v) is 11.4. The zero-order valence-electron chi connectivity index (χ0n) is 11.4. The summed E-state index contributed by atoms with van der Waals surface area (Å²) in [5.74, 6) is 0.715. The molecule has 0 unspecified atom stereocenters. The molecule has 0 aliphatic heterocycles. The van der Waals surface area contributed by atoms with E-state index in [1.807, 2.05) is 30.3 Å². The number of carbonyl (C=O) groups excluding carboxylic acids is 1. The summed E-state index contributed by atoms with van der Waals surface area (Å²) in [5.41, 5.74) is 2.89. The Morgan fingerprint density at radius 3 is 2.52 bits per heavy atom. The van der Waals surface area contributed by atoms with Crippen molar-refractivity contribution < 1.29 is 14.6 Å². The smallest absolute Gasteiger partial charge is 0.198 e. The minimum absolute atomic E-state index is 0.0359. The first kappa shape index (κ1) is 12.0. The second kappa shape index (κ2) is 4.09. The molecular weight excluding hydrogens is 264 g/mol. The molecule has 102 valence electrons. The van der Waals surface area contributed by atoms with Gasteiger partial charge >= 0.3 is 0 Å². The number of methoxy groups -OCH3 is 1. The lowest BCUT2D eigenvalue weighted by Gasteiger charge is -2.21. The summed E-state index contributed by atoms with van der Waals surface area (Å²) in [7, 11) is 1.56. The lowest BCUT2D eigenvalue weighted by Crippen LogP contribution is -2.11. The quantitative estimate of drug-likeness (QED) is 0.575. The van der Waals surface area contributed by atoms with Crippen LogP contribution in [0.15, 0.2) is 48.5 Å². The standard InChI is InChI=1S/C18H12O3/c1-21-15-7-3-5-12-14-9-11(19)8-10-4-2-6-13(16(10)14)18(20)17(12)15/h2-9,19H,1H3. The Balaban J connectivity index is 2.23. The van der Waals surface area contributed by atoms with E-state index in [0.29, 0.717) is 16.9 Å². The van der Waals surface area contributed by atoms with Gasteiger partial charge in [-0.15, -0.1) is 0 Å². The van der Waals surface area contributed by atoms with Crippen LogP contribution in [0, 0.1) is 0 Å². The Kier molecular flexibility index (Phi) is 2.33. The third kappa shape index (κ3) is 1.51. The normalized spacial score (nSPS) is 12.3. The summed E-state index contributed by atoms with van der Waals surface area (Å²) in [6.45, 7) is 0. The van der Waals surface area contributed by atoms with E-state index in [2.05, 4.69) is 0 Å². The fourth-order valence-corrected chi connectivity index (χ4v) is 3.11. The summed E-state index contributed by atoms with van der Waals surface area (Å²) < 4.78 is 5.34. The van der Waals surface area contributed by atoms with Gasteiger partial charge in [0.1, 0.15) is 11.5 Å². The molecule has 3 aromatic carbocycles. The van der Waals surface area contributed by atoms with Gasteiger partial charge in [0, 0.05) is 10.9 Å². The van der Waals surface area contributed by atoms with Gasteiger partial charge in [0.05, 0.1) is 12.7 Å². The molecule has 3 heteroatoms. The van der Waals surface area contributed by atoms with Crippen LogP contribution in [0.2, 0.25) is 0 Å². The van der Waals surface area contributed by atoms with E-state index in [0.717, 1.165) is 21.9 Å². The van der Waals surface area contributed by atoms with Gasteiger partial charge in [0.25, 0.3) is 0 Å². The number of rotatable bonds is 1. The average molecular weight is 276 g/mol. The summed E-state index contributed by atoms with van der Waals surface area (Å²) in [4.78, 5) is 12.8. The molecule has 0 radical (unpaired) electrons. The highest BCUT2D eigenvalue weighted by Crippen LogP contribution is 2.43. The Morgan fingerprint density at radius 1 is 0.952 bits per heavy atom. The topological polar surface area (TPSA) is 46.5 Å². The molecule has 4 rings (SSSR count). The second-order valence-corrected chi connectivity index (χ2v) is 5.11. The van der Waals surface area contributed by atoms with Crippen molar-refractivity contribution in [3.05, 3.63) is 59.7 Å². The van der Waals surface area contributed by atoms with Crippen LogP contribution in [0.1, 0.15) is 15.9 Å². The highest BCUT2D eigenvalue weighted by atomic mass is 16.5. The minimum Gasteiger partial charge on any atom is -0.508 e. The largest absolute Gasteiger partial charge is 0.508 e. The third-order valence-corrected chi connectivity index (χ3v) is 3.97. The number of hydrogen-bond acceptors (Lipinski definition) is 3. The molecule has 0 spiro atoms. The third-order valence-electron chi connectivity index (χ3n) is 3.97. The predicted octanol–water partition coefficient (Wildman–Crippen LogP) is 3.77. The van der Waals surface area contributed by atoms with E-state index in [-0.39, 0.29) is 11.5 Å². The maximum atomic E-state index is 12.8. The first-order valence-electron chi connectivity index (χ1n) is 6.68. The van der Waals surface area contributed by atoms with Gasteiger partial charge in [0.2, 0.25) is 0 Å². The van der Waals surface area contributed by atoms with E-state index in [4.69, 9.17) is 4.74 Å². The van der Waals surface area contributed by atoms with Crippen LogP contribution >= 0.6 is 0 Å². The van der Waals surface area contributed by atoms with Crippen molar-refractivity contribution in [3.8, 4) is 22.6 Å². The van der Waals surface area contributed by atoms with E-state index < -0.39 is 0 Å². The summed E-state index contributed by atoms with van der Waals surface area (Å²) in [6, 6.07) is 14.5. The molecule has 0 bridgehead atoms. The van der Waals surface area contributed by atoms with Gasteiger partial charge in [-0.05, 0) is 34.7 Å². The van der Waals surface area contributed by atoms with Crippen molar-refractivity contribution in [2.45, 2.75) is 0 Å². The maximum absolute atomic E-state index is 12.8. The number of ketones is 1. The summed E-state index contributed by atoms with van der Waals surface area (Å²) in [5, 5.41) is 11.7. The van der Waals surface area contributed by atoms with Crippen LogP contribution in [-0.4, -0.2) is 18.0 Å². The minimum atomic E-state index is -0.0359. The van der Waals surface area contributed by atoms with Crippen LogP contribution < -0.4 is 4.74 Å². The van der Waals surface area contributed by atoms with Crippen LogP contribution in [0.3, 0.4) is 0 Å². The lowest BCUT2D eigenvalue weighted by atomic mass is 9.82. The number of aromatic hydroxyl groups is 1. The Morgan fingerprint density at radius 2 is 1.71 bits per heavy atom. The van der Waals surface area contributed by atoms with Crippen LogP contribution in [0.5, 0.6) is 11.5 Å². The molecular formula is C18H12O3. The van der Waals surface area contributed by atoms with E-state index in [1.165, 1.54) is 0 Å². The molecule has 3 nitrogen and oxygen atoms in total. The van der Waals surface area contributed by atoms with E-state index >= 15 is 0 Å². The van der Waals surface area contributed by atoms with Crippen molar-refractivity contribution in [2.75, 3.05) is 7.11 Å². The highest BCUT2D eigenvalue weighted by molar-refractivity contribution is 6.27. The van der Waals surface area contributed by atoms with Crippen LogP contribution in [-0.2, 0) is 0 Å². The number of ether oxygens (including phenoxy) is 1. The van der Waals surface area contributed by atoms with Gasteiger partial charge in [-0.2, -0.15) is 0 Å². The molecule has 0 fully saturated rings. The first-order chi connectivity index (χ1) is 10.2. The average Bonchev–Trinajstić information content (AvgIpc) is 2.51. The Hall–Kier alpha value is -2.81. The van der Waals surface area contributed by atoms with Crippen LogP contribution in [0.25, 0.3) is 21.9 Å². The van der Waals surface area contributed by atoms with Crippen molar-refractivity contribution in [3.63, 3.8) is 0 Å². The molecule has 1 aliphatic carbocycles. The molecule has 21 heavy (non-hydrogen) atoms. The number of phenolic OH excluding ortho intramolecular Hbond substituents is 1. The van der Waals surface area contributed by atoms with Crippen molar-refractivity contribution >= 4 is 16.6 Å². The SMILES string of the molecule is COc1cccc2c1C(=O)c1cccc3cc(O)cc-2c13. The lowest BCUT2D eigenvalue weighted by molar-refractivity contribution is 0.103. The number of carbonyl (C=O) groups is 1. The number of fused-ring (bicyclic) bond motifs is 2. The van der Waals surface area contributed by atoms with Gasteiger partial charge in [-0.25, -0.2) is 0 Å². The molecule has 0 atom stereocenters. The zero-order chi connectivity index (χ0) is 14.6. The van der Waals surface area contributed by atoms with Crippen molar-refractivity contribution in [1.82, 2.24) is 0 Å². The molecule has 0 saturated heterocycles. The van der Waals surface area contributed by atoms with Gasteiger partial charge in [-0.3, -0.25) is 4.79 Å². The van der Waals surface area contributed by atoms with E-state index in [9.17, 15) is 9.90 Å². The Bertz CT molecular complexity index is 910. The first-order valence-corrected chi connectivity index (χ1v) is 6.68. The predicted molar refractivity (Wildman–Crippen MR) is 81.0 cm³/mol. The van der Waals surface area contributed by atoms with Gasteiger partial charge in [0.15, 0.2) is 5.78 Å². The van der Waals surface area contributed by atoms with Gasteiger partial charge < -0.3 is 9.84 Å². The Labute approximate surface area is 121 Å². The van der Waals surface area contributed by atoms with Crippen molar-refractivity contribution in [2.24, 2.45) is 0 Å². The number of hydrogen-bond donors (Lipinski definition) is 1. The maximum Gasteiger partial charge on any atom is 0.198 e. The molecule has 0 aromatic heterocycles. The summed E-state index contributed by atoms with van der Waals surface area (Å²) >= 11 is 0. The highest BCUT2D eigenvalue weighted by Gasteiger charge is 2.28. The fourth-order valence-electron chi connectivity index (χ4n) is 3.11. The molecule has 1 aliphatic rings. The second-order valence-electron chi connectivity index (χ2n) is 5.11. The van der Waals surface area contributed by atoms with Gasteiger partial charge in [-0.1, -0.05) is 30.3 Å². The molecule has 0 amide bonds. The molecule has 1 N–H and O–H groups in total. The molecule has 0 saturated carbocycles. The monoisotopic (exact) mass is 276 g/mol.